The van der Waals surface area contributed by atoms with Crippen molar-refractivity contribution in [1.82, 2.24) is 14.6 Å². The van der Waals surface area contributed by atoms with Gasteiger partial charge >= 0.3 is 0 Å². The van der Waals surface area contributed by atoms with Crippen LogP contribution in [0.4, 0.5) is 5.69 Å². The van der Waals surface area contributed by atoms with Gasteiger partial charge in [-0.3, -0.25) is 19.4 Å². The van der Waals surface area contributed by atoms with E-state index in [1.165, 1.54) is 5.56 Å². The standard InChI is InChI=1S/C22H24N4O2S/c27-22(6-3-18-15-23-9-7-20(18)21-8-10-24-29-21)25-19-4-1-17(2-5-19)16-26-11-13-28-14-12-26/h1-9,15,24H,10-14,16H2,(H,25,27)/b6-3+. The van der Waals surface area contributed by atoms with Crippen molar-refractivity contribution in [3.05, 3.63) is 71.6 Å². The summed E-state index contributed by atoms with van der Waals surface area (Å²) in [4.78, 5) is 20.1. The fourth-order valence-electron chi connectivity index (χ4n) is 3.28. The molecule has 150 valence electrons. The molecule has 1 saturated heterocycles. The summed E-state index contributed by atoms with van der Waals surface area (Å²) in [6, 6.07) is 9.98. The molecule has 29 heavy (non-hydrogen) atoms. The van der Waals surface area contributed by atoms with Crippen LogP contribution in [0.15, 0.2) is 54.9 Å². The Balaban J connectivity index is 1.35. The molecule has 0 bridgehead atoms. The van der Waals surface area contributed by atoms with Gasteiger partial charge in [-0.05, 0) is 47.3 Å². The van der Waals surface area contributed by atoms with Gasteiger partial charge in [0.15, 0.2) is 0 Å². The number of ether oxygens (including phenoxy) is 1. The van der Waals surface area contributed by atoms with Crippen molar-refractivity contribution in [1.29, 1.82) is 0 Å². The highest BCUT2D eigenvalue weighted by Crippen LogP contribution is 2.30. The Kier molecular flexibility index (Phi) is 6.74. The molecule has 2 N–H and O–H groups in total. The van der Waals surface area contributed by atoms with Crippen LogP contribution in [0.2, 0.25) is 0 Å². The second-order valence-electron chi connectivity index (χ2n) is 6.89. The Morgan fingerprint density at radius 3 is 2.83 bits per heavy atom. The third-order valence-electron chi connectivity index (χ3n) is 4.82. The molecular weight excluding hydrogens is 384 g/mol. The number of aromatic nitrogens is 1. The predicted molar refractivity (Wildman–Crippen MR) is 118 cm³/mol. The molecule has 2 aromatic rings. The molecule has 2 aliphatic rings. The maximum absolute atomic E-state index is 12.3. The average Bonchev–Trinajstić information content (AvgIpc) is 3.29. The number of carbonyl (C=O) groups is 1. The van der Waals surface area contributed by atoms with Gasteiger partial charge in [-0.15, -0.1) is 0 Å². The lowest BCUT2D eigenvalue weighted by Crippen LogP contribution is -2.35. The molecule has 1 fully saturated rings. The van der Waals surface area contributed by atoms with Gasteiger partial charge in [0.05, 0.1) is 13.2 Å². The summed E-state index contributed by atoms with van der Waals surface area (Å²) in [7, 11) is 0. The monoisotopic (exact) mass is 408 g/mol. The lowest BCUT2D eigenvalue weighted by molar-refractivity contribution is -0.111. The summed E-state index contributed by atoms with van der Waals surface area (Å²) in [5.41, 5.74) is 4.02. The molecular formula is C22H24N4O2S. The van der Waals surface area contributed by atoms with E-state index < -0.39 is 0 Å². The number of pyridine rings is 1. The molecule has 1 aromatic heterocycles. The van der Waals surface area contributed by atoms with Gasteiger partial charge in [-0.2, -0.15) is 0 Å². The number of morpholine rings is 1. The van der Waals surface area contributed by atoms with E-state index in [4.69, 9.17) is 4.74 Å². The highest BCUT2D eigenvalue weighted by molar-refractivity contribution is 8.06. The van der Waals surface area contributed by atoms with Crippen LogP contribution in [-0.4, -0.2) is 48.6 Å². The highest BCUT2D eigenvalue weighted by Gasteiger charge is 2.12. The third-order valence-corrected chi connectivity index (χ3v) is 5.73. The third kappa shape index (κ3) is 5.55. The molecule has 0 spiro atoms. The zero-order valence-corrected chi connectivity index (χ0v) is 17.0. The van der Waals surface area contributed by atoms with Gasteiger partial charge in [0.25, 0.3) is 0 Å². The van der Waals surface area contributed by atoms with Crippen LogP contribution >= 0.6 is 11.9 Å². The number of nitrogens with one attached hydrogen (secondary N) is 2. The molecule has 1 aromatic carbocycles. The van der Waals surface area contributed by atoms with Crippen LogP contribution in [0.1, 0.15) is 16.7 Å². The van der Waals surface area contributed by atoms with Crippen molar-refractivity contribution in [3.63, 3.8) is 0 Å². The molecule has 1 amide bonds. The van der Waals surface area contributed by atoms with Crippen molar-refractivity contribution in [2.24, 2.45) is 0 Å². The fourth-order valence-corrected chi connectivity index (χ4v) is 4.07. The van der Waals surface area contributed by atoms with E-state index in [1.54, 1.807) is 30.4 Å². The Hall–Kier alpha value is -2.45. The predicted octanol–water partition coefficient (Wildman–Crippen LogP) is 3.16. The SMILES string of the molecule is O=C(/C=C/c1cnccc1C1=CCNS1)Nc1ccc(CN2CCOCC2)cc1. The number of anilines is 1. The summed E-state index contributed by atoms with van der Waals surface area (Å²) >= 11 is 1.60. The first-order chi connectivity index (χ1) is 14.3. The zero-order valence-electron chi connectivity index (χ0n) is 16.1. The van der Waals surface area contributed by atoms with Gasteiger partial charge in [-0.1, -0.05) is 18.2 Å². The van der Waals surface area contributed by atoms with Gasteiger partial charge < -0.3 is 10.1 Å². The molecule has 0 unspecified atom stereocenters. The first kappa shape index (κ1) is 19.8. The first-order valence-corrected chi connectivity index (χ1v) is 10.5. The number of hydrogen-bond acceptors (Lipinski definition) is 6. The van der Waals surface area contributed by atoms with E-state index in [1.807, 2.05) is 24.3 Å². The summed E-state index contributed by atoms with van der Waals surface area (Å²) in [5, 5.41) is 2.92. The van der Waals surface area contributed by atoms with Gasteiger partial charge in [0, 0.05) is 60.8 Å². The van der Waals surface area contributed by atoms with Crippen molar-refractivity contribution >= 4 is 34.5 Å². The molecule has 3 heterocycles. The van der Waals surface area contributed by atoms with E-state index in [0.29, 0.717) is 0 Å². The second-order valence-corrected chi connectivity index (χ2v) is 7.82. The van der Waals surface area contributed by atoms with Gasteiger partial charge in [0.1, 0.15) is 0 Å². The Labute approximate surface area is 175 Å². The van der Waals surface area contributed by atoms with Crippen molar-refractivity contribution in [3.8, 4) is 0 Å². The average molecular weight is 409 g/mol. The van der Waals surface area contributed by atoms with E-state index >= 15 is 0 Å². The largest absolute Gasteiger partial charge is 0.379 e. The number of carbonyl (C=O) groups excluding carboxylic acids is 1. The van der Waals surface area contributed by atoms with Crippen molar-refractivity contribution in [2.45, 2.75) is 6.54 Å². The Morgan fingerprint density at radius 1 is 1.24 bits per heavy atom. The Bertz CT molecular complexity index is 905. The van der Waals surface area contributed by atoms with Crippen LogP contribution < -0.4 is 10.0 Å². The maximum Gasteiger partial charge on any atom is 0.248 e. The number of amides is 1. The maximum atomic E-state index is 12.3. The lowest BCUT2D eigenvalue weighted by atomic mass is 10.1. The van der Waals surface area contributed by atoms with Gasteiger partial charge in [-0.25, -0.2) is 0 Å². The van der Waals surface area contributed by atoms with Gasteiger partial charge in [0.2, 0.25) is 5.91 Å². The topological polar surface area (TPSA) is 66.5 Å². The second kappa shape index (κ2) is 9.84. The highest BCUT2D eigenvalue weighted by atomic mass is 32.2. The Morgan fingerprint density at radius 2 is 2.07 bits per heavy atom. The number of rotatable bonds is 6. The number of nitrogens with zero attached hydrogens (tertiary/aromatic N) is 2. The molecule has 6 nitrogen and oxygen atoms in total. The molecule has 0 saturated carbocycles. The molecule has 0 aliphatic carbocycles. The quantitative estimate of drug-likeness (QED) is 0.565. The van der Waals surface area contributed by atoms with E-state index in [2.05, 4.69) is 38.1 Å². The van der Waals surface area contributed by atoms with Crippen LogP contribution in [0.25, 0.3) is 11.0 Å². The van der Waals surface area contributed by atoms with E-state index in [-0.39, 0.29) is 5.91 Å². The van der Waals surface area contributed by atoms with Crippen LogP contribution in [-0.2, 0) is 16.1 Å². The summed E-state index contributed by atoms with van der Waals surface area (Å²) < 4.78 is 8.60. The molecule has 0 atom stereocenters. The lowest BCUT2D eigenvalue weighted by Gasteiger charge is -2.26. The molecule has 0 radical (unpaired) electrons. The summed E-state index contributed by atoms with van der Waals surface area (Å²) in [6.07, 6.45) is 9.04. The van der Waals surface area contributed by atoms with Crippen LogP contribution in [0.5, 0.6) is 0 Å². The first-order valence-electron chi connectivity index (χ1n) is 9.70. The minimum Gasteiger partial charge on any atom is -0.379 e. The molecule has 2 aliphatic heterocycles. The molecule has 7 heteroatoms. The van der Waals surface area contributed by atoms with E-state index in [0.717, 1.165) is 61.1 Å². The molecule has 4 rings (SSSR count). The summed E-state index contributed by atoms with van der Waals surface area (Å²) in [5.74, 6) is -0.160. The minimum atomic E-state index is -0.160. The van der Waals surface area contributed by atoms with Crippen molar-refractivity contribution in [2.75, 3.05) is 38.2 Å². The zero-order chi connectivity index (χ0) is 19.9. The van der Waals surface area contributed by atoms with E-state index in [9.17, 15) is 4.79 Å². The minimum absolute atomic E-state index is 0.160. The number of benzene rings is 1. The summed E-state index contributed by atoms with van der Waals surface area (Å²) in [6.45, 7) is 5.27. The normalized spacial score (nSPS) is 17.4. The fraction of sp³-hybridized carbons (Fsp3) is 0.273. The van der Waals surface area contributed by atoms with Crippen LogP contribution in [0.3, 0.4) is 0 Å². The number of hydrogen-bond donors (Lipinski definition) is 2. The van der Waals surface area contributed by atoms with Crippen molar-refractivity contribution < 1.29 is 9.53 Å². The smallest absolute Gasteiger partial charge is 0.248 e. The van der Waals surface area contributed by atoms with Crippen LogP contribution in [0, 0.1) is 0 Å².